The van der Waals surface area contributed by atoms with Crippen LogP contribution in [0.4, 0.5) is 5.69 Å². The van der Waals surface area contributed by atoms with Gasteiger partial charge in [-0.1, -0.05) is 78.6 Å². The molecule has 0 atom stereocenters. The third-order valence-corrected chi connectivity index (χ3v) is 13.4. The predicted octanol–water partition coefficient (Wildman–Crippen LogP) is 6.55. The van der Waals surface area contributed by atoms with Crippen LogP contribution in [0.1, 0.15) is 52.0 Å². The summed E-state index contributed by atoms with van der Waals surface area (Å²) < 4.78 is 77.7. The molecule has 10 nitrogen and oxygen atoms in total. The van der Waals surface area contributed by atoms with Crippen molar-refractivity contribution >= 4 is 86.9 Å². The summed E-state index contributed by atoms with van der Waals surface area (Å²) in [6.45, 7) is 13.2. The highest BCUT2D eigenvalue weighted by atomic mass is 32.2. The van der Waals surface area contributed by atoms with E-state index in [0.717, 1.165) is 63.7 Å². The monoisotopic (exact) mass is 811 g/mol. The van der Waals surface area contributed by atoms with E-state index in [2.05, 4.69) is 61.4 Å². The number of ether oxygens (including phenoxy) is 1. The number of thiazole rings is 1. The Morgan fingerprint density at radius 2 is 1.48 bits per heavy atom. The van der Waals surface area contributed by atoms with Crippen LogP contribution in [0.3, 0.4) is 0 Å². The molecule has 1 N–H and O–H groups in total. The number of allylic oxidation sites excluding steroid dienone is 2. The molecule has 0 bridgehead atoms. The van der Waals surface area contributed by atoms with E-state index in [0.29, 0.717) is 19.5 Å². The number of rotatable bonds is 15. The normalized spacial score (nSPS) is 14.3. The predicted molar refractivity (Wildman–Crippen MR) is 221 cm³/mol. The summed E-state index contributed by atoms with van der Waals surface area (Å²) in [5.41, 5.74) is 2.94. The van der Waals surface area contributed by atoms with Crippen LogP contribution < -0.4 is 19.1 Å². The lowest BCUT2D eigenvalue weighted by Gasteiger charge is -2.22. The van der Waals surface area contributed by atoms with Gasteiger partial charge in [-0.25, -0.2) is 16.8 Å². The van der Waals surface area contributed by atoms with Crippen LogP contribution in [-0.4, -0.2) is 70.7 Å². The molecular weight excluding hydrogens is 763 g/mol. The zero-order valence-corrected chi connectivity index (χ0v) is 34.7. The van der Waals surface area contributed by atoms with Gasteiger partial charge in [-0.15, -0.1) is 0 Å². The topological polar surface area (TPSA) is 135 Å². The van der Waals surface area contributed by atoms with Crippen molar-refractivity contribution in [2.75, 3.05) is 49.7 Å². The first-order valence-corrected chi connectivity index (χ1v) is 23.1. The fourth-order valence-corrected chi connectivity index (χ4v) is 10.1. The quantitative estimate of drug-likeness (QED) is 0.0923. The summed E-state index contributed by atoms with van der Waals surface area (Å²) in [6, 6.07) is 22.1. The van der Waals surface area contributed by atoms with E-state index in [9.17, 15) is 25.9 Å². The molecule has 1 aliphatic rings. The zero-order valence-electron chi connectivity index (χ0n) is 31.5. The number of hydrogen-bond donors (Lipinski definition) is 1. The molecule has 54 heavy (non-hydrogen) atoms. The number of nitrogens with one attached hydrogen (secondary N) is 1. The summed E-state index contributed by atoms with van der Waals surface area (Å²) in [4.78, 5) is 4.83. The molecule has 0 amide bonds. The highest BCUT2D eigenvalue weighted by Gasteiger charge is 2.28. The lowest BCUT2D eigenvalue weighted by Crippen LogP contribution is -3.11. The Morgan fingerprint density at radius 3 is 2.09 bits per heavy atom. The van der Waals surface area contributed by atoms with Crippen molar-refractivity contribution in [1.29, 1.82) is 0 Å². The van der Waals surface area contributed by atoms with Crippen molar-refractivity contribution in [3.05, 3.63) is 88.4 Å². The SMILES string of the molecule is CCC(=C/c1sc2cc(OC)c3ccccc3c2[n+]1CCCS(=O)(=O)[O-])/C=C1/Sc2ccc3ccccc3c2N1CCCS(=O)(=O)[O-].CC[NH+](CC)CC. The summed E-state index contributed by atoms with van der Waals surface area (Å²) in [5, 5.41) is 5.82. The first kappa shape index (κ1) is 41.7. The lowest BCUT2D eigenvalue weighted by molar-refractivity contribution is -0.894. The van der Waals surface area contributed by atoms with Gasteiger partial charge >= 0.3 is 0 Å². The number of aryl methyl sites for hydroxylation is 1. The number of aromatic nitrogens is 1. The standard InChI is InChI=1S/C34H34N2O7S4.C6H15N/c1-3-23(20-31-35(16-8-18-46(37,38)39)33-25-11-5-4-10-24(25)14-15-29(33)44-31)21-32-36(17-9-19-47(40,41)42)34-27-13-7-6-12-26(27)28(43-2)22-30(34)45-32;1-4-7(5-2)6-3/h4-7,10-15,20-22H,3,8-9,16-19H2,1-2H3,(H-,37,38,39,40,41,42);4-6H2,1-3H3. The van der Waals surface area contributed by atoms with Gasteiger partial charge in [0.1, 0.15) is 10.4 Å². The molecule has 0 aliphatic carbocycles. The second-order valence-corrected chi connectivity index (χ2v) is 18.2. The molecule has 290 valence electrons. The fourth-order valence-electron chi connectivity index (χ4n) is 6.75. The van der Waals surface area contributed by atoms with Crippen LogP contribution in [0, 0.1) is 0 Å². The summed E-state index contributed by atoms with van der Waals surface area (Å²) in [6.07, 6.45) is 5.22. The minimum absolute atomic E-state index is 0.167. The van der Waals surface area contributed by atoms with E-state index >= 15 is 0 Å². The molecule has 1 aliphatic heterocycles. The van der Waals surface area contributed by atoms with E-state index in [1.54, 1.807) is 35.1 Å². The minimum atomic E-state index is -4.38. The maximum atomic E-state index is 11.5. The van der Waals surface area contributed by atoms with E-state index in [1.807, 2.05) is 54.6 Å². The van der Waals surface area contributed by atoms with Crippen molar-refractivity contribution in [2.24, 2.45) is 0 Å². The lowest BCUT2D eigenvalue weighted by atomic mass is 10.1. The second-order valence-electron chi connectivity index (χ2n) is 13.0. The zero-order chi connectivity index (χ0) is 39.0. The van der Waals surface area contributed by atoms with Crippen LogP contribution in [-0.2, 0) is 26.8 Å². The van der Waals surface area contributed by atoms with Gasteiger partial charge in [0.2, 0.25) is 5.52 Å². The minimum Gasteiger partial charge on any atom is -0.748 e. The first-order valence-electron chi connectivity index (χ1n) is 18.3. The highest BCUT2D eigenvalue weighted by molar-refractivity contribution is 8.03. The maximum Gasteiger partial charge on any atom is 0.263 e. The van der Waals surface area contributed by atoms with Crippen molar-refractivity contribution in [2.45, 2.75) is 58.4 Å². The van der Waals surface area contributed by atoms with Crippen molar-refractivity contribution in [3.8, 4) is 5.75 Å². The Kier molecular flexibility index (Phi) is 14.2. The molecule has 1 aromatic heterocycles. The Labute approximate surface area is 327 Å². The number of nitrogens with zero attached hydrogens (tertiary/aromatic N) is 2. The van der Waals surface area contributed by atoms with Gasteiger partial charge in [-0.05, 0) is 62.8 Å². The molecule has 0 saturated heterocycles. The van der Waals surface area contributed by atoms with E-state index < -0.39 is 31.7 Å². The van der Waals surface area contributed by atoms with Crippen molar-refractivity contribution < 1.29 is 40.1 Å². The number of hydrogen-bond acceptors (Lipinski definition) is 10. The number of thioether (sulfide) groups is 1. The van der Waals surface area contributed by atoms with Crippen LogP contribution >= 0.6 is 23.1 Å². The molecule has 0 fully saturated rings. The maximum absolute atomic E-state index is 11.5. The van der Waals surface area contributed by atoms with E-state index in [-0.39, 0.29) is 12.8 Å². The summed E-state index contributed by atoms with van der Waals surface area (Å²) in [5.74, 6) is -0.174. The third kappa shape index (κ3) is 10.2. The number of fused-ring (bicyclic) bond motifs is 6. The third-order valence-electron chi connectivity index (χ3n) is 9.61. The molecule has 0 spiro atoms. The molecule has 6 rings (SSSR count). The van der Waals surface area contributed by atoms with Gasteiger partial charge in [0.25, 0.3) is 5.01 Å². The van der Waals surface area contributed by atoms with Crippen LogP contribution in [0.25, 0.3) is 37.8 Å². The largest absolute Gasteiger partial charge is 0.748 e. The van der Waals surface area contributed by atoms with Gasteiger partial charge in [-0.3, -0.25) is 0 Å². The Bertz CT molecular complexity index is 2380. The Balaban J connectivity index is 0.000000730. The van der Waals surface area contributed by atoms with E-state index in [4.69, 9.17) is 4.74 Å². The molecule has 14 heteroatoms. The van der Waals surface area contributed by atoms with Crippen LogP contribution in [0.5, 0.6) is 5.75 Å². The number of benzene rings is 4. The van der Waals surface area contributed by atoms with Crippen molar-refractivity contribution in [3.63, 3.8) is 0 Å². The molecule has 5 aromatic rings. The number of quaternary nitrogens is 1. The highest BCUT2D eigenvalue weighted by Crippen LogP contribution is 2.50. The summed E-state index contributed by atoms with van der Waals surface area (Å²) in [7, 11) is -7.10. The van der Waals surface area contributed by atoms with Gasteiger partial charge in [-0.2, -0.15) is 4.57 Å². The smallest absolute Gasteiger partial charge is 0.263 e. The van der Waals surface area contributed by atoms with Gasteiger partial charge < -0.3 is 23.6 Å². The van der Waals surface area contributed by atoms with Crippen LogP contribution in [0.15, 0.2) is 88.3 Å². The molecule has 0 saturated carbocycles. The molecular formula is C40H49N3O7S4. The fraction of sp³-hybridized carbons (Fsp3) is 0.375. The Morgan fingerprint density at radius 1 is 0.852 bits per heavy atom. The molecule has 0 radical (unpaired) electrons. The summed E-state index contributed by atoms with van der Waals surface area (Å²) >= 11 is 3.16. The van der Waals surface area contributed by atoms with E-state index in [1.165, 1.54) is 19.6 Å². The number of anilines is 1. The average Bonchev–Trinajstić information content (AvgIpc) is 3.67. The first-order chi connectivity index (χ1) is 25.8. The van der Waals surface area contributed by atoms with Gasteiger partial charge in [0.15, 0.2) is 6.54 Å². The van der Waals surface area contributed by atoms with Crippen molar-refractivity contribution in [1.82, 2.24) is 0 Å². The second kappa shape index (κ2) is 18.4. The molecule has 4 aromatic carbocycles. The molecule has 2 heterocycles. The number of methoxy groups -OCH3 is 1. The van der Waals surface area contributed by atoms with Gasteiger partial charge in [0.05, 0.1) is 63.1 Å². The Hall–Kier alpha value is -3.50. The van der Waals surface area contributed by atoms with Gasteiger partial charge in [0, 0.05) is 52.3 Å². The molecule has 0 unspecified atom stereocenters. The average molecular weight is 812 g/mol. The van der Waals surface area contributed by atoms with Crippen LogP contribution in [0.2, 0.25) is 0 Å².